The number of unbranched alkanes of at least 4 members (excludes halogenated alkanes) is 2. The van der Waals surface area contributed by atoms with Crippen LogP contribution >= 0.6 is 0 Å². The molecule has 0 aliphatic carbocycles. The first-order valence-electron chi connectivity index (χ1n) is 7.47. The summed E-state index contributed by atoms with van der Waals surface area (Å²) in [6, 6.07) is 8.43. The fourth-order valence-electron chi connectivity index (χ4n) is 2.88. The van der Waals surface area contributed by atoms with Gasteiger partial charge in [0.15, 0.2) is 0 Å². The van der Waals surface area contributed by atoms with Crippen LogP contribution in [0.15, 0.2) is 24.3 Å². The Balaban J connectivity index is 1.95. The Kier molecular flexibility index (Phi) is 3.83. The number of nitrogens with zero attached hydrogens (tertiary/aromatic N) is 2. The highest BCUT2D eigenvalue weighted by Gasteiger charge is 2.24. The summed E-state index contributed by atoms with van der Waals surface area (Å²) in [5, 5.41) is 0. The Hall–Kier alpha value is -1.35. The van der Waals surface area contributed by atoms with Crippen LogP contribution in [0.4, 0.5) is 0 Å². The molecule has 2 heterocycles. The zero-order valence-electron chi connectivity index (χ0n) is 11.6. The Morgan fingerprint density at radius 1 is 1.32 bits per heavy atom. The van der Waals surface area contributed by atoms with Gasteiger partial charge in [0, 0.05) is 13.2 Å². The molecular weight excluding hydrogens is 236 g/mol. The predicted molar refractivity (Wildman–Crippen MR) is 77.2 cm³/mol. The van der Waals surface area contributed by atoms with E-state index in [4.69, 9.17) is 9.72 Å². The number of hydrogen-bond donors (Lipinski definition) is 0. The number of para-hydroxylation sites is 2. The molecule has 1 aromatic carbocycles. The summed E-state index contributed by atoms with van der Waals surface area (Å²) in [6.45, 7) is 4.18. The summed E-state index contributed by atoms with van der Waals surface area (Å²) in [6.07, 6.45) is 6.21. The van der Waals surface area contributed by atoms with Gasteiger partial charge in [0.2, 0.25) is 0 Å². The minimum absolute atomic E-state index is 0.203. The Morgan fingerprint density at radius 3 is 3.00 bits per heavy atom. The molecule has 1 aliphatic rings. The number of rotatable bonds is 5. The maximum absolute atomic E-state index is 5.83. The zero-order valence-corrected chi connectivity index (χ0v) is 11.6. The van der Waals surface area contributed by atoms with Crippen LogP contribution in [0.5, 0.6) is 0 Å². The average Bonchev–Trinajstić information content (AvgIpc) is 3.06. The van der Waals surface area contributed by atoms with E-state index in [1.165, 1.54) is 24.8 Å². The van der Waals surface area contributed by atoms with E-state index >= 15 is 0 Å². The minimum Gasteiger partial charge on any atom is -0.370 e. The van der Waals surface area contributed by atoms with E-state index < -0.39 is 0 Å². The molecule has 3 heteroatoms. The number of aryl methyl sites for hydroxylation is 1. The second-order valence-electron chi connectivity index (χ2n) is 5.32. The largest absolute Gasteiger partial charge is 0.370 e. The van der Waals surface area contributed by atoms with Gasteiger partial charge in [-0.1, -0.05) is 31.9 Å². The van der Waals surface area contributed by atoms with E-state index in [2.05, 4.69) is 35.8 Å². The molecular formula is C16H22N2O. The second kappa shape index (κ2) is 5.74. The van der Waals surface area contributed by atoms with Crippen molar-refractivity contribution in [3.05, 3.63) is 30.1 Å². The smallest absolute Gasteiger partial charge is 0.139 e. The first-order chi connectivity index (χ1) is 9.40. The average molecular weight is 258 g/mol. The highest BCUT2D eigenvalue weighted by Crippen LogP contribution is 2.30. The molecule has 2 aromatic rings. The molecule has 0 N–H and O–H groups in total. The molecule has 3 nitrogen and oxygen atoms in total. The molecule has 0 saturated carbocycles. The van der Waals surface area contributed by atoms with Crippen LogP contribution in [0.2, 0.25) is 0 Å². The Bertz CT molecular complexity index is 541. The van der Waals surface area contributed by atoms with E-state index in [1.807, 2.05) is 0 Å². The molecule has 0 radical (unpaired) electrons. The third kappa shape index (κ3) is 2.52. The number of aromatic nitrogens is 2. The fraction of sp³-hybridized carbons (Fsp3) is 0.562. The predicted octanol–water partition coefficient (Wildman–Crippen LogP) is 4.08. The second-order valence-corrected chi connectivity index (χ2v) is 5.32. The number of fused-ring (bicyclic) bond motifs is 1. The molecule has 1 atom stereocenters. The van der Waals surface area contributed by atoms with Crippen molar-refractivity contribution in [1.29, 1.82) is 0 Å². The third-order valence-electron chi connectivity index (χ3n) is 3.89. The highest BCUT2D eigenvalue weighted by molar-refractivity contribution is 5.76. The quantitative estimate of drug-likeness (QED) is 0.756. The van der Waals surface area contributed by atoms with Crippen LogP contribution in [-0.2, 0) is 11.3 Å². The van der Waals surface area contributed by atoms with Gasteiger partial charge in [-0.05, 0) is 31.4 Å². The summed E-state index contributed by atoms with van der Waals surface area (Å²) >= 11 is 0. The van der Waals surface area contributed by atoms with Crippen molar-refractivity contribution in [3.63, 3.8) is 0 Å². The standard InChI is InChI=1S/C16H22N2O/c1-2-3-6-11-18-14-9-5-4-8-13(14)17-16(18)15-10-7-12-19-15/h4-5,8-9,15H,2-3,6-7,10-12H2,1H3/t15-/m1/s1. The van der Waals surface area contributed by atoms with Crippen molar-refractivity contribution in [2.24, 2.45) is 0 Å². The van der Waals surface area contributed by atoms with Crippen LogP contribution in [0, 0.1) is 0 Å². The lowest BCUT2D eigenvalue weighted by atomic mass is 10.2. The van der Waals surface area contributed by atoms with Crippen LogP contribution in [-0.4, -0.2) is 16.2 Å². The van der Waals surface area contributed by atoms with Crippen LogP contribution < -0.4 is 0 Å². The monoisotopic (exact) mass is 258 g/mol. The van der Waals surface area contributed by atoms with Gasteiger partial charge in [0.05, 0.1) is 11.0 Å². The first-order valence-corrected chi connectivity index (χ1v) is 7.47. The molecule has 19 heavy (non-hydrogen) atoms. The molecule has 1 aromatic heterocycles. The van der Waals surface area contributed by atoms with Crippen molar-refractivity contribution in [3.8, 4) is 0 Å². The van der Waals surface area contributed by atoms with E-state index in [1.54, 1.807) is 0 Å². The van der Waals surface area contributed by atoms with Gasteiger partial charge in [-0.3, -0.25) is 0 Å². The SMILES string of the molecule is CCCCCn1c([C@H]2CCCO2)nc2ccccc21. The molecule has 102 valence electrons. The topological polar surface area (TPSA) is 27.1 Å². The first kappa shape index (κ1) is 12.7. The van der Waals surface area contributed by atoms with Gasteiger partial charge in [-0.15, -0.1) is 0 Å². The number of imidazole rings is 1. The van der Waals surface area contributed by atoms with Crippen molar-refractivity contribution in [1.82, 2.24) is 9.55 Å². The lowest BCUT2D eigenvalue weighted by Gasteiger charge is -2.13. The van der Waals surface area contributed by atoms with Gasteiger partial charge in [-0.25, -0.2) is 4.98 Å². The Morgan fingerprint density at radius 2 is 2.21 bits per heavy atom. The molecule has 1 saturated heterocycles. The molecule has 0 spiro atoms. The van der Waals surface area contributed by atoms with Crippen molar-refractivity contribution >= 4 is 11.0 Å². The van der Waals surface area contributed by atoms with Gasteiger partial charge in [0.25, 0.3) is 0 Å². The van der Waals surface area contributed by atoms with Gasteiger partial charge in [-0.2, -0.15) is 0 Å². The van der Waals surface area contributed by atoms with Gasteiger partial charge < -0.3 is 9.30 Å². The summed E-state index contributed by atoms with van der Waals surface area (Å²) in [5.74, 6) is 1.13. The maximum atomic E-state index is 5.83. The maximum Gasteiger partial charge on any atom is 0.139 e. The van der Waals surface area contributed by atoms with E-state index in [0.717, 1.165) is 37.3 Å². The lowest BCUT2D eigenvalue weighted by Crippen LogP contribution is -2.08. The molecule has 1 aliphatic heterocycles. The van der Waals surface area contributed by atoms with E-state index in [9.17, 15) is 0 Å². The van der Waals surface area contributed by atoms with Gasteiger partial charge >= 0.3 is 0 Å². The van der Waals surface area contributed by atoms with E-state index in [-0.39, 0.29) is 6.10 Å². The van der Waals surface area contributed by atoms with Crippen molar-refractivity contribution in [2.75, 3.05) is 6.61 Å². The lowest BCUT2D eigenvalue weighted by molar-refractivity contribution is 0.102. The van der Waals surface area contributed by atoms with Crippen LogP contribution in [0.1, 0.15) is 51.0 Å². The Labute approximate surface area is 114 Å². The third-order valence-corrected chi connectivity index (χ3v) is 3.89. The highest BCUT2D eigenvalue weighted by atomic mass is 16.5. The number of ether oxygens (including phenoxy) is 1. The van der Waals surface area contributed by atoms with Crippen molar-refractivity contribution in [2.45, 2.75) is 51.7 Å². The summed E-state index contributed by atoms with van der Waals surface area (Å²) in [7, 11) is 0. The van der Waals surface area contributed by atoms with Crippen LogP contribution in [0.25, 0.3) is 11.0 Å². The van der Waals surface area contributed by atoms with Crippen LogP contribution in [0.3, 0.4) is 0 Å². The normalized spacial score (nSPS) is 19.3. The van der Waals surface area contributed by atoms with Gasteiger partial charge in [0.1, 0.15) is 11.9 Å². The molecule has 0 unspecified atom stereocenters. The number of benzene rings is 1. The molecule has 1 fully saturated rings. The molecule has 0 bridgehead atoms. The minimum atomic E-state index is 0.203. The summed E-state index contributed by atoms with van der Waals surface area (Å²) in [4.78, 5) is 4.81. The number of hydrogen-bond acceptors (Lipinski definition) is 2. The van der Waals surface area contributed by atoms with E-state index in [0.29, 0.717) is 0 Å². The fourth-order valence-corrected chi connectivity index (χ4v) is 2.88. The zero-order chi connectivity index (χ0) is 13.1. The van der Waals surface area contributed by atoms with Crippen molar-refractivity contribution < 1.29 is 4.74 Å². The molecule has 3 rings (SSSR count). The summed E-state index contributed by atoms with van der Waals surface area (Å²) < 4.78 is 8.21. The summed E-state index contributed by atoms with van der Waals surface area (Å²) in [5.41, 5.74) is 2.36. The molecule has 0 amide bonds.